The van der Waals surface area contributed by atoms with Gasteiger partial charge >= 0.3 is 0 Å². The van der Waals surface area contributed by atoms with E-state index >= 15 is 0 Å². The number of hydrogen-bond acceptors (Lipinski definition) is 5. The maximum atomic E-state index is 12.2. The first-order chi connectivity index (χ1) is 17.2. The fraction of sp³-hybridized carbons (Fsp3) is 0.172. The number of benzene rings is 1. The summed E-state index contributed by atoms with van der Waals surface area (Å²) in [6.07, 6.45) is 7.97. The highest BCUT2D eigenvalue weighted by atomic mass is 16.5. The molecule has 4 aromatic rings. The standard InChI is InChI=1S/C29H28N4O2/c1-2-22-12-14-23(15-13-22)29(34)32-18-6-3-9-19-35-24-20-27(25-10-4-7-16-30-25)33-28(21-24)26-11-5-8-17-31-26/h2,4-5,7-8,10-17,20-21H,1,3,6,9,18-19H2,(H,32,34). The Morgan fingerprint density at radius 1 is 0.829 bits per heavy atom. The lowest BCUT2D eigenvalue weighted by molar-refractivity contribution is 0.0953. The first-order valence-corrected chi connectivity index (χ1v) is 11.7. The Labute approximate surface area is 205 Å². The van der Waals surface area contributed by atoms with Gasteiger partial charge in [-0.2, -0.15) is 0 Å². The minimum atomic E-state index is -0.0576. The molecular weight excluding hydrogens is 436 g/mol. The smallest absolute Gasteiger partial charge is 0.251 e. The molecule has 35 heavy (non-hydrogen) atoms. The Hall–Kier alpha value is -4.32. The third-order valence-electron chi connectivity index (χ3n) is 5.44. The molecule has 0 saturated heterocycles. The molecule has 1 amide bonds. The summed E-state index contributed by atoms with van der Waals surface area (Å²) in [5.74, 6) is 0.676. The SMILES string of the molecule is C=Cc1ccc(C(=O)NCCCCCOc2cc(-c3ccccn3)nc(-c3ccccn3)c2)cc1. The summed E-state index contributed by atoms with van der Waals surface area (Å²) in [5.41, 5.74) is 4.70. The maximum absolute atomic E-state index is 12.2. The molecule has 0 bridgehead atoms. The molecule has 0 radical (unpaired) electrons. The molecule has 0 fully saturated rings. The minimum Gasteiger partial charge on any atom is -0.493 e. The van der Waals surface area contributed by atoms with Gasteiger partial charge in [0.05, 0.1) is 29.4 Å². The highest BCUT2D eigenvalue weighted by molar-refractivity contribution is 5.94. The van der Waals surface area contributed by atoms with Crippen molar-refractivity contribution in [2.75, 3.05) is 13.2 Å². The van der Waals surface area contributed by atoms with Gasteiger partial charge in [-0.1, -0.05) is 36.9 Å². The summed E-state index contributed by atoms with van der Waals surface area (Å²) in [7, 11) is 0. The summed E-state index contributed by atoms with van der Waals surface area (Å²) >= 11 is 0. The summed E-state index contributed by atoms with van der Waals surface area (Å²) < 4.78 is 6.06. The molecule has 3 heterocycles. The molecule has 176 valence electrons. The second kappa shape index (κ2) is 12.2. The van der Waals surface area contributed by atoms with Crippen LogP contribution in [0, 0.1) is 0 Å². The molecule has 3 aromatic heterocycles. The van der Waals surface area contributed by atoms with E-state index in [9.17, 15) is 4.79 Å². The number of ether oxygens (including phenoxy) is 1. The predicted octanol–water partition coefficient (Wildman–Crippen LogP) is 5.83. The summed E-state index contributed by atoms with van der Waals surface area (Å²) in [6, 6.07) is 22.7. The normalized spacial score (nSPS) is 10.5. The number of carbonyl (C=O) groups excluding carboxylic acids is 1. The van der Waals surface area contributed by atoms with Gasteiger partial charge in [-0.3, -0.25) is 14.8 Å². The zero-order chi connectivity index (χ0) is 24.3. The Kier molecular flexibility index (Phi) is 8.32. The van der Waals surface area contributed by atoms with Crippen LogP contribution in [-0.2, 0) is 0 Å². The quantitative estimate of drug-likeness (QED) is 0.283. The zero-order valence-corrected chi connectivity index (χ0v) is 19.6. The molecule has 1 N–H and O–H groups in total. The van der Waals surface area contributed by atoms with Gasteiger partial charge in [-0.25, -0.2) is 4.98 Å². The average Bonchev–Trinajstić information content (AvgIpc) is 2.93. The van der Waals surface area contributed by atoms with E-state index in [-0.39, 0.29) is 5.91 Å². The lowest BCUT2D eigenvalue weighted by Crippen LogP contribution is -2.24. The largest absolute Gasteiger partial charge is 0.493 e. The van der Waals surface area contributed by atoms with Crippen LogP contribution in [0.15, 0.2) is 91.8 Å². The Balaban J connectivity index is 1.28. The van der Waals surface area contributed by atoms with E-state index in [0.29, 0.717) is 18.7 Å². The lowest BCUT2D eigenvalue weighted by Gasteiger charge is -2.11. The number of unbranched alkanes of at least 4 members (excludes halogenated alkanes) is 2. The van der Waals surface area contributed by atoms with Gasteiger partial charge in [0, 0.05) is 36.6 Å². The topological polar surface area (TPSA) is 77.0 Å². The first-order valence-electron chi connectivity index (χ1n) is 11.7. The average molecular weight is 465 g/mol. The lowest BCUT2D eigenvalue weighted by atomic mass is 10.1. The number of amides is 1. The Bertz CT molecular complexity index is 1190. The molecule has 0 unspecified atom stereocenters. The number of pyridine rings is 3. The van der Waals surface area contributed by atoms with Crippen LogP contribution in [0.25, 0.3) is 28.9 Å². The molecule has 6 heteroatoms. The van der Waals surface area contributed by atoms with Crippen molar-refractivity contribution in [3.63, 3.8) is 0 Å². The molecule has 0 aliphatic rings. The van der Waals surface area contributed by atoms with Gasteiger partial charge in [-0.15, -0.1) is 0 Å². The Morgan fingerprint density at radius 3 is 2.06 bits per heavy atom. The molecule has 0 aliphatic carbocycles. The van der Waals surface area contributed by atoms with Gasteiger partial charge in [0.25, 0.3) is 5.91 Å². The van der Waals surface area contributed by atoms with Crippen molar-refractivity contribution in [1.29, 1.82) is 0 Å². The highest BCUT2D eigenvalue weighted by Crippen LogP contribution is 2.26. The Morgan fingerprint density at radius 2 is 1.49 bits per heavy atom. The number of aromatic nitrogens is 3. The summed E-state index contributed by atoms with van der Waals surface area (Å²) in [6.45, 7) is 4.93. The predicted molar refractivity (Wildman–Crippen MR) is 139 cm³/mol. The summed E-state index contributed by atoms with van der Waals surface area (Å²) in [4.78, 5) is 25.8. The fourth-order valence-corrected chi connectivity index (χ4v) is 3.55. The van der Waals surface area contributed by atoms with Gasteiger partial charge in [0.15, 0.2) is 0 Å². The van der Waals surface area contributed by atoms with Crippen LogP contribution in [0.2, 0.25) is 0 Å². The van der Waals surface area contributed by atoms with E-state index in [1.54, 1.807) is 18.5 Å². The van der Waals surface area contributed by atoms with Crippen molar-refractivity contribution in [1.82, 2.24) is 20.3 Å². The third kappa shape index (κ3) is 6.84. The van der Waals surface area contributed by atoms with Crippen molar-refractivity contribution >= 4 is 12.0 Å². The van der Waals surface area contributed by atoms with E-state index in [0.717, 1.165) is 53.4 Å². The number of hydrogen-bond donors (Lipinski definition) is 1. The van der Waals surface area contributed by atoms with Gasteiger partial charge < -0.3 is 10.1 Å². The fourth-order valence-electron chi connectivity index (χ4n) is 3.55. The van der Waals surface area contributed by atoms with E-state index in [2.05, 4.69) is 21.9 Å². The third-order valence-corrected chi connectivity index (χ3v) is 5.44. The number of rotatable bonds is 11. The molecule has 4 rings (SSSR count). The van der Waals surface area contributed by atoms with Crippen molar-refractivity contribution in [3.8, 4) is 28.5 Å². The number of nitrogens with zero attached hydrogens (tertiary/aromatic N) is 3. The van der Waals surface area contributed by atoms with Crippen LogP contribution in [0.5, 0.6) is 5.75 Å². The van der Waals surface area contributed by atoms with Crippen LogP contribution >= 0.6 is 0 Å². The molecule has 1 aromatic carbocycles. The molecule has 0 spiro atoms. The molecule has 0 atom stereocenters. The van der Waals surface area contributed by atoms with E-state index in [1.807, 2.05) is 72.8 Å². The van der Waals surface area contributed by atoms with Gasteiger partial charge in [0.1, 0.15) is 5.75 Å². The van der Waals surface area contributed by atoms with Crippen molar-refractivity contribution in [2.45, 2.75) is 19.3 Å². The van der Waals surface area contributed by atoms with Crippen molar-refractivity contribution < 1.29 is 9.53 Å². The van der Waals surface area contributed by atoms with E-state index < -0.39 is 0 Å². The minimum absolute atomic E-state index is 0.0576. The van der Waals surface area contributed by atoms with Crippen LogP contribution in [0.1, 0.15) is 35.2 Å². The summed E-state index contributed by atoms with van der Waals surface area (Å²) in [5, 5.41) is 2.97. The monoisotopic (exact) mass is 464 g/mol. The van der Waals surface area contributed by atoms with Gasteiger partial charge in [0.2, 0.25) is 0 Å². The van der Waals surface area contributed by atoms with Crippen molar-refractivity contribution in [2.24, 2.45) is 0 Å². The number of nitrogens with one attached hydrogen (secondary N) is 1. The molecular formula is C29H28N4O2. The van der Waals surface area contributed by atoms with E-state index in [4.69, 9.17) is 9.72 Å². The zero-order valence-electron chi connectivity index (χ0n) is 19.6. The molecule has 6 nitrogen and oxygen atoms in total. The van der Waals surface area contributed by atoms with Crippen LogP contribution in [-0.4, -0.2) is 34.0 Å². The second-order valence-electron chi connectivity index (χ2n) is 7.99. The van der Waals surface area contributed by atoms with Crippen molar-refractivity contribution in [3.05, 3.63) is 103 Å². The van der Waals surface area contributed by atoms with E-state index in [1.165, 1.54) is 0 Å². The van der Waals surface area contributed by atoms with Crippen LogP contribution < -0.4 is 10.1 Å². The first kappa shape index (κ1) is 23.8. The molecule has 0 aliphatic heterocycles. The maximum Gasteiger partial charge on any atom is 0.251 e. The van der Waals surface area contributed by atoms with Gasteiger partial charge in [-0.05, 0) is 61.2 Å². The highest BCUT2D eigenvalue weighted by Gasteiger charge is 2.10. The number of carbonyl (C=O) groups is 1. The molecule has 0 saturated carbocycles. The van der Waals surface area contributed by atoms with Crippen LogP contribution in [0.3, 0.4) is 0 Å². The second-order valence-corrected chi connectivity index (χ2v) is 7.99. The van der Waals surface area contributed by atoms with Crippen LogP contribution in [0.4, 0.5) is 0 Å².